The molecule has 1 amide bonds. The van der Waals surface area contributed by atoms with Gasteiger partial charge < -0.3 is 4.57 Å². The fourth-order valence-electron chi connectivity index (χ4n) is 4.31. The summed E-state index contributed by atoms with van der Waals surface area (Å²) in [7, 11) is 0. The van der Waals surface area contributed by atoms with E-state index in [2.05, 4.69) is 10.3 Å². The Kier molecular flexibility index (Phi) is 4.39. The van der Waals surface area contributed by atoms with Crippen LogP contribution in [-0.4, -0.2) is 27.0 Å². The smallest absolute Gasteiger partial charge is 0.281 e. The van der Waals surface area contributed by atoms with Gasteiger partial charge in [0.05, 0.1) is 5.56 Å². The minimum Gasteiger partial charge on any atom is -0.301 e. The van der Waals surface area contributed by atoms with Crippen molar-refractivity contribution in [3.05, 3.63) is 23.3 Å². The van der Waals surface area contributed by atoms with Crippen molar-refractivity contribution in [3.63, 3.8) is 0 Å². The van der Waals surface area contributed by atoms with Crippen molar-refractivity contribution >= 4 is 22.9 Å². The van der Waals surface area contributed by atoms with Gasteiger partial charge in [0, 0.05) is 24.3 Å². The van der Waals surface area contributed by atoms with Crippen LogP contribution in [0.3, 0.4) is 0 Å². The third-order valence-electron chi connectivity index (χ3n) is 6.58. The minimum atomic E-state index is -3.50. The molecule has 0 aliphatic heterocycles. The summed E-state index contributed by atoms with van der Waals surface area (Å²) in [4.78, 5) is 16.5. The zero-order valence-electron chi connectivity index (χ0n) is 16.3. The second kappa shape index (κ2) is 6.40. The maximum atomic E-state index is 14.9. The van der Waals surface area contributed by atoms with Gasteiger partial charge in [-0.3, -0.25) is 10.1 Å². The lowest BCUT2D eigenvalue weighted by Crippen LogP contribution is -2.60. The molecule has 4 rings (SSSR count). The second-order valence-corrected chi connectivity index (χ2v) is 8.58. The van der Waals surface area contributed by atoms with E-state index in [4.69, 9.17) is 5.26 Å². The van der Waals surface area contributed by atoms with E-state index in [9.17, 15) is 26.7 Å². The van der Waals surface area contributed by atoms with Gasteiger partial charge in [0.1, 0.15) is 17.1 Å². The molecule has 2 unspecified atom stereocenters. The Balaban J connectivity index is 1.72. The Morgan fingerprint density at radius 3 is 2.50 bits per heavy atom. The van der Waals surface area contributed by atoms with Crippen LogP contribution in [0.15, 0.2) is 6.07 Å². The van der Waals surface area contributed by atoms with E-state index in [1.54, 1.807) is 13.0 Å². The number of imidazole rings is 1. The molecular weight excluding hydrogens is 407 g/mol. The van der Waals surface area contributed by atoms with Crippen LogP contribution in [0.1, 0.15) is 51.5 Å². The van der Waals surface area contributed by atoms with E-state index >= 15 is 0 Å². The van der Waals surface area contributed by atoms with Gasteiger partial charge in [-0.25, -0.2) is 26.9 Å². The molecule has 30 heavy (non-hydrogen) atoms. The average molecular weight is 426 g/mol. The number of fused-ring (bicyclic) bond motifs is 1. The first kappa shape index (κ1) is 20.6. The first-order valence-electron chi connectivity index (χ1n) is 9.59. The Hall–Kier alpha value is -2.70. The molecule has 2 fully saturated rings. The van der Waals surface area contributed by atoms with Crippen molar-refractivity contribution in [2.45, 2.75) is 63.1 Å². The number of rotatable bonds is 4. The van der Waals surface area contributed by atoms with Crippen LogP contribution in [0.25, 0.3) is 11.0 Å². The topological polar surface area (TPSA) is 70.7 Å². The molecule has 160 valence electrons. The number of anilines is 1. The fraction of sp³-hybridized carbons (Fsp3) is 0.550. The lowest BCUT2D eigenvalue weighted by atomic mass is 9.67. The SMILES string of the molecule is CC1(n2c(NC(=O)CC3CC(F)(F)C3(C)F)nc3c(F)cc(C#N)c(F)c32)CCC1. The molecule has 1 aromatic carbocycles. The largest absolute Gasteiger partial charge is 0.301 e. The second-order valence-electron chi connectivity index (χ2n) is 8.58. The monoisotopic (exact) mass is 426 g/mol. The normalized spacial score (nSPS) is 26.5. The fourth-order valence-corrected chi connectivity index (χ4v) is 4.31. The third-order valence-corrected chi connectivity index (χ3v) is 6.58. The summed E-state index contributed by atoms with van der Waals surface area (Å²) < 4.78 is 71.7. The number of nitrogens with one attached hydrogen (secondary N) is 1. The molecular formula is C20H19F5N4O. The number of aromatic nitrogens is 2. The van der Waals surface area contributed by atoms with Crippen LogP contribution in [0.2, 0.25) is 0 Å². The summed E-state index contributed by atoms with van der Waals surface area (Å²) in [6.07, 6.45) is 0.767. The van der Waals surface area contributed by atoms with Gasteiger partial charge in [0.25, 0.3) is 5.92 Å². The number of hydrogen-bond acceptors (Lipinski definition) is 3. The zero-order chi connectivity index (χ0) is 22.1. The molecule has 2 aliphatic carbocycles. The maximum Gasteiger partial charge on any atom is 0.281 e. The van der Waals surface area contributed by atoms with E-state index in [1.165, 1.54) is 4.57 Å². The zero-order valence-corrected chi connectivity index (χ0v) is 16.3. The molecule has 2 saturated carbocycles. The molecule has 5 nitrogen and oxygen atoms in total. The van der Waals surface area contributed by atoms with Crippen molar-refractivity contribution in [2.24, 2.45) is 5.92 Å². The van der Waals surface area contributed by atoms with Crippen LogP contribution in [0.4, 0.5) is 27.9 Å². The number of nitrogens with zero attached hydrogens (tertiary/aromatic N) is 3. The molecule has 2 atom stereocenters. The van der Waals surface area contributed by atoms with Crippen LogP contribution < -0.4 is 5.32 Å². The van der Waals surface area contributed by atoms with Gasteiger partial charge in [-0.15, -0.1) is 0 Å². The number of amides is 1. The van der Waals surface area contributed by atoms with E-state index in [1.807, 2.05) is 0 Å². The lowest BCUT2D eigenvalue weighted by Gasteiger charge is -2.47. The number of carbonyl (C=O) groups is 1. The number of hydrogen-bond donors (Lipinski definition) is 1. The molecule has 0 bridgehead atoms. The van der Waals surface area contributed by atoms with E-state index < -0.39 is 59.0 Å². The van der Waals surface area contributed by atoms with Crippen LogP contribution in [0.5, 0.6) is 0 Å². The van der Waals surface area contributed by atoms with E-state index in [0.717, 1.165) is 19.4 Å². The highest BCUT2D eigenvalue weighted by Crippen LogP contribution is 2.55. The van der Waals surface area contributed by atoms with E-state index in [0.29, 0.717) is 12.8 Å². The highest BCUT2D eigenvalue weighted by atomic mass is 19.3. The highest BCUT2D eigenvalue weighted by molar-refractivity contribution is 5.92. The summed E-state index contributed by atoms with van der Waals surface area (Å²) >= 11 is 0. The predicted octanol–water partition coefficient (Wildman–Crippen LogP) is 4.80. The van der Waals surface area contributed by atoms with Crippen LogP contribution in [-0.2, 0) is 10.3 Å². The molecule has 0 saturated heterocycles. The molecule has 1 heterocycles. The molecule has 2 aliphatic rings. The third kappa shape index (κ3) is 2.78. The minimum absolute atomic E-state index is 0.156. The summed E-state index contributed by atoms with van der Waals surface area (Å²) in [6, 6.07) is 2.33. The van der Waals surface area contributed by atoms with Crippen molar-refractivity contribution in [3.8, 4) is 6.07 Å². The predicted molar refractivity (Wildman–Crippen MR) is 97.7 cm³/mol. The Morgan fingerprint density at radius 2 is 2.00 bits per heavy atom. The van der Waals surface area contributed by atoms with Crippen molar-refractivity contribution < 1.29 is 26.7 Å². The average Bonchev–Trinajstić information content (AvgIpc) is 3.02. The summed E-state index contributed by atoms with van der Waals surface area (Å²) in [5, 5.41) is 11.5. The van der Waals surface area contributed by atoms with Gasteiger partial charge >= 0.3 is 0 Å². The Morgan fingerprint density at radius 1 is 1.33 bits per heavy atom. The standard InChI is InChI=1S/C20H19F5N4O/c1-18(4-3-5-18)29-16-14(22)10(9-26)6-12(21)15(16)28-17(29)27-13(30)7-11-8-20(24,25)19(11,2)23/h6,11H,3-5,7-8H2,1-2H3,(H,27,28,30). The van der Waals surface area contributed by atoms with Crippen LogP contribution in [0, 0.1) is 28.9 Å². The Bertz CT molecular complexity index is 1100. The van der Waals surface area contributed by atoms with Crippen molar-refractivity contribution in [1.82, 2.24) is 9.55 Å². The molecule has 0 spiro atoms. The molecule has 1 N–H and O–H groups in total. The molecule has 2 aromatic rings. The van der Waals surface area contributed by atoms with Gasteiger partial charge in [-0.2, -0.15) is 5.26 Å². The number of benzene rings is 1. The number of halogens is 5. The summed E-state index contributed by atoms with van der Waals surface area (Å²) in [5.74, 6) is -7.48. The maximum absolute atomic E-state index is 14.9. The lowest BCUT2D eigenvalue weighted by molar-refractivity contribution is -0.242. The first-order valence-corrected chi connectivity index (χ1v) is 9.59. The quantitative estimate of drug-likeness (QED) is 0.715. The summed E-state index contributed by atoms with van der Waals surface area (Å²) in [6.45, 7) is 2.54. The first-order chi connectivity index (χ1) is 13.9. The van der Waals surface area contributed by atoms with Gasteiger partial charge in [-0.1, -0.05) is 0 Å². The Labute approximate surface area is 168 Å². The van der Waals surface area contributed by atoms with Crippen molar-refractivity contribution in [1.29, 1.82) is 5.26 Å². The van der Waals surface area contributed by atoms with Gasteiger partial charge in [0.15, 0.2) is 17.3 Å². The van der Waals surface area contributed by atoms with Gasteiger partial charge in [0.2, 0.25) is 11.9 Å². The number of carbonyl (C=O) groups excluding carboxylic acids is 1. The molecule has 1 aromatic heterocycles. The molecule has 0 radical (unpaired) electrons. The highest BCUT2D eigenvalue weighted by Gasteiger charge is 2.66. The van der Waals surface area contributed by atoms with Gasteiger partial charge in [-0.05, 0) is 39.2 Å². The molecule has 10 heteroatoms. The van der Waals surface area contributed by atoms with Crippen molar-refractivity contribution in [2.75, 3.05) is 5.32 Å². The van der Waals surface area contributed by atoms with E-state index in [-0.39, 0.29) is 17.0 Å². The number of nitriles is 1. The van der Waals surface area contributed by atoms with Crippen LogP contribution >= 0.6 is 0 Å². The number of alkyl halides is 3. The summed E-state index contributed by atoms with van der Waals surface area (Å²) in [5.41, 5.74) is -4.55.